The number of ether oxygens (including phenoxy) is 1. The molecule has 3 aromatic rings. The van der Waals surface area contributed by atoms with E-state index in [4.69, 9.17) is 4.74 Å². The minimum atomic E-state index is -0.891. The average molecular weight is 545 g/mol. The number of nitrogens with zero attached hydrogens (tertiary/aromatic N) is 4. The van der Waals surface area contributed by atoms with Gasteiger partial charge in [0.1, 0.15) is 5.75 Å². The molecule has 1 aromatic carbocycles. The molecule has 1 amide bonds. The van der Waals surface area contributed by atoms with Crippen LogP contribution in [0.15, 0.2) is 71.9 Å². The SMILES string of the molecule is CCCCN(C(=O)CN1C[C@H](c2ccc3c(c2)CCO3)[C@@H](C(=O)O)[C@@H]1CCn1ccccc1=O)c1cccnc1. The van der Waals surface area contributed by atoms with E-state index in [9.17, 15) is 19.5 Å². The van der Waals surface area contributed by atoms with E-state index in [2.05, 4.69) is 18.0 Å². The number of carboxylic acids is 1. The summed E-state index contributed by atoms with van der Waals surface area (Å²) < 4.78 is 7.27. The van der Waals surface area contributed by atoms with Crippen molar-refractivity contribution in [3.05, 3.63) is 88.6 Å². The molecule has 40 heavy (non-hydrogen) atoms. The number of likely N-dealkylation sites (tertiary alicyclic amines) is 1. The van der Waals surface area contributed by atoms with Gasteiger partial charge in [-0.3, -0.25) is 24.3 Å². The van der Waals surface area contributed by atoms with Gasteiger partial charge in [-0.15, -0.1) is 0 Å². The minimum Gasteiger partial charge on any atom is -0.493 e. The topological polar surface area (TPSA) is 105 Å². The van der Waals surface area contributed by atoms with E-state index in [0.29, 0.717) is 32.7 Å². The molecule has 9 nitrogen and oxygen atoms in total. The lowest BCUT2D eigenvalue weighted by Gasteiger charge is -2.29. The van der Waals surface area contributed by atoms with Gasteiger partial charge in [0.15, 0.2) is 0 Å². The van der Waals surface area contributed by atoms with Gasteiger partial charge in [-0.05, 0) is 48.2 Å². The Hall–Kier alpha value is -3.98. The Morgan fingerprint density at radius 2 is 2.05 bits per heavy atom. The number of carbonyl (C=O) groups is 2. The molecule has 210 valence electrons. The zero-order valence-electron chi connectivity index (χ0n) is 22.8. The van der Waals surface area contributed by atoms with E-state index in [0.717, 1.165) is 41.8 Å². The third-order valence-electron chi connectivity index (χ3n) is 8.07. The quantitative estimate of drug-likeness (QED) is 0.394. The van der Waals surface area contributed by atoms with Crippen LogP contribution in [0.25, 0.3) is 0 Å². The maximum Gasteiger partial charge on any atom is 0.308 e. The van der Waals surface area contributed by atoms with Gasteiger partial charge in [0.05, 0.1) is 31.0 Å². The summed E-state index contributed by atoms with van der Waals surface area (Å²) in [6.45, 7) is 4.16. The Bertz CT molecular complexity index is 1390. The van der Waals surface area contributed by atoms with Gasteiger partial charge in [-0.1, -0.05) is 31.5 Å². The maximum absolute atomic E-state index is 13.8. The van der Waals surface area contributed by atoms with Crippen LogP contribution in [0.3, 0.4) is 0 Å². The van der Waals surface area contributed by atoms with Gasteiger partial charge >= 0.3 is 5.97 Å². The first-order valence-electron chi connectivity index (χ1n) is 14.0. The molecule has 4 heterocycles. The molecule has 3 atom stereocenters. The van der Waals surface area contributed by atoms with Gasteiger partial charge in [0.25, 0.3) is 0 Å². The molecule has 2 aliphatic rings. The molecule has 1 saturated heterocycles. The summed E-state index contributed by atoms with van der Waals surface area (Å²) in [5.41, 5.74) is 2.64. The van der Waals surface area contributed by atoms with Crippen LogP contribution in [0.4, 0.5) is 5.69 Å². The van der Waals surface area contributed by atoms with Crippen molar-refractivity contribution in [3.63, 3.8) is 0 Å². The zero-order chi connectivity index (χ0) is 28.1. The Labute approximate surface area is 234 Å². The molecule has 2 aromatic heterocycles. The van der Waals surface area contributed by atoms with E-state index < -0.39 is 17.9 Å². The van der Waals surface area contributed by atoms with Crippen molar-refractivity contribution in [2.75, 3.05) is 31.1 Å². The number of aliphatic carboxylic acids is 1. The van der Waals surface area contributed by atoms with Crippen LogP contribution in [0.5, 0.6) is 5.75 Å². The lowest BCUT2D eigenvalue weighted by atomic mass is 9.83. The van der Waals surface area contributed by atoms with E-state index >= 15 is 0 Å². The summed E-state index contributed by atoms with van der Waals surface area (Å²) in [4.78, 5) is 47.0. The molecular weight excluding hydrogens is 508 g/mol. The standard InChI is InChI=1S/C31H36N4O5/c1-2-3-15-35(24-7-6-13-32-19-24)29(37)21-34-20-25(22-9-10-27-23(18-22)12-17-40-27)30(31(38)39)26(34)11-16-33-14-5-4-8-28(33)36/h4-10,13-14,18-19,25-26,30H,2-3,11-12,15-17,20-21H2,1H3,(H,38,39)/t25-,26+,30-/m1/s1. The smallest absolute Gasteiger partial charge is 0.308 e. The van der Waals surface area contributed by atoms with Crippen molar-refractivity contribution >= 4 is 17.6 Å². The number of aryl methyl sites for hydroxylation is 1. The fraction of sp³-hybridized carbons (Fsp3) is 0.419. The van der Waals surface area contributed by atoms with Crippen LogP contribution in [0, 0.1) is 5.92 Å². The Balaban J connectivity index is 1.45. The van der Waals surface area contributed by atoms with E-state index in [-0.39, 0.29) is 23.9 Å². The highest BCUT2D eigenvalue weighted by atomic mass is 16.5. The van der Waals surface area contributed by atoms with Crippen molar-refractivity contribution in [3.8, 4) is 5.75 Å². The molecule has 0 radical (unpaired) electrons. The lowest BCUT2D eigenvalue weighted by molar-refractivity contribution is -0.143. The first-order valence-corrected chi connectivity index (χ1v) is 14.0. The monoisotopic (exact) mass is 544 g/mol. The number of pyridine rings is 2. The predicted molar refractivity (Wildman–Crippen MR) is 152 cm³/mol. The van der Waals surface area contributed by atoms with E-state index in [1.807, 2.05) is 29.2 Å². The van der Waals surface area contributed by atoms with Crippen molar-refractivity contribution in [2.45, 2.75) is 51.1 Å². The van der Waals surface area contributed by atoms with Gasteiger partial charge in [0.2, 0.25) is 11.5 Å². The van der Waals surface area contributed by atoms with Crippen molar-refractivity contribution in [1.29, 1.82) is 0 Å². The fourth-order valence-corrected chi connectivity index (χ4v) is 6.03. The number of aromatic nitrogens is 2. The number of fused-ring (bicyclic) bond motifs is 1. The number of hydrogen-bond donors (Lipinski definition) is 1. The van der Waals surface area contributed by atoms with Gasteiger partial charge < -0.3 is 19.3 Å². The fourth-order valence-electron chi connectivity index (χ4n) is 6.03. The lowest BCUT2D eigenvalue weighted by Crippen LogP contribution is -2.45. The molecule has 1 fully saturated rings. The maximum atomic E-state index is 13.8. The highest BCUT2D eigenvalue weighted by Crippen LogP contribution is 2.41. The number of benzene rings is 1. The van der Waals surface area contributed by atoms with Crippen LogP contribution in [0.2, 0.25) is 0 Å². The Kier molecular flexibility index (Phi) is 8.60. The number of anilines is 1. The first kappa shape index (κ1) is 27.6. The highest BCUT2D eigenvalue weighted by molar-refractivity contribution is 5.94. The van der Waals surface area contributed by atoms with Crippen LogP contribution in [-0.2, 0) is 22.6 Å². The molecule has 0 spiro atoms. The second-order valence-electron chi connectivity index (χ2n) is 10.6. The number of hydrogen-bond acceptors (Lipinski definition) is 6. The largest absolute Gasteiger partial charge is 0.493 e. The number of unbranched alkanes of at least 4 members (excludes halogenated alkanes) is 1. The normalized spacial score (nSPS) is 20.2. The van der Waals surface area contributed by atoms with Crippen molar-refractivity contribution in [2.24, 2.45) is 5.92 Å². The van der Waals surface area contributed by atoms with E-state index in [1.165, 1.54) is 6.07 Å². The highest BCUT2D eigenvalue weighted by Gasteiger charge is 2.47. The summed E-state index contributed by atoms with van der Waals surface area (Å²) in [6.07, 6.45) is 8.10. The van der Waals surface area contributed by atoms with Crippen molar-refractivity contribution < 1.29 is 19.4 Å². The second kappa shape index (κ2) is 12.5. The van der Waals surface area contributed by atoms with Gasteiger partial charge in [0, 0.05) is 56.5 Å². The van der Waals surface area contributed by atoms with Crippen LogP contribution in [-0.4, -0.2) is 63.7 Å². The molecule has 9 heteroatoms. The third kappa shape index (κ3) is 5.94. The number of carbonyl (C=O) groups excluding carboxylic acids is 1. The second-order valence-corrected chi connectivity index (χ2v) is 10.6. The summed E-state index contributed by atoms with van der Waals surface area (Å²) >= 11 is 0. The molecule has 0 aliphatic carbocycles. The summed E-state index contributed by atoms with van der Waals surface area (Å²) in [7, 11) is 0. The molecule has 2 aliphatic heterocycles. The zero-order valence-corrected chi connectivity index (χ0v) is 22.8. The molecule has 0 saturated carbocycles. The summed E-state index contributed by atoms with van der Waals surface area (Å²) in [6, 6.07) is 14.2. The molecule has 5 rings (SSSR count). The summed E-state index contributed by atoms with van der Waals surface area (Å²) in [5.74, 6) is -1.15. The van der Waals surface area contributed by atoms with Gasteiger partial charge in [-0.2, -0.15) is 0 Å². The number of amides is 1. The number of carboxylic acid groups (broad SMARTS) is 1. The Morgan fingerprint density at radius 3 is 2.80 bits per heavy atom. The minimum absolute atomic E-state index is 0.0846. The van der Waals surface area contributed by atoms with Gasteiger partial charge in [-0.25, -0.2) is 0 Å². The van der Waals surface area contributed by atoms with Crippen LogP contribution in [0.1, 0.15) is 43.2 Å². The van der Waals surface area contributed by atoms with Crippen LogP contribution < -0.4 is 15.2 Å². The summed E-state index contributed by atoms with van der Waals surface area (Å²) in [5, 5.41) is 10.5. The Morgan fingerprint density at radius 1 is 1.18 bits per heavy atom. The molecule has 1 N–H and O–H groups in total. The van der Waals surface area contributed by atoms with E-state index in [1.54, 1.807) is 40.2 Å². The molecule has 0 bridgehead atoms. The molecule has 0 unspecified atom stereocenters. The van der Waals surface area contributed by atoms with Crippen LogP contribution >= 0.6 is 0 Å². The first-order chi connectivity index (χ1) is 19.5. The third-order valence-corrected chi connectivity index (χ3v) is 8.07. The number of rotatable bonds is 11. The molecular formula is C31H36N4O5. The average Bonchev–Trinajstić information content (AvgIpc) is 3.57. The predicted octanol–water partition coefficient (Wildman–Crippen LogP) is 3.57. The van der Waals surface area contributed by atoms with Crippen molar-refractivity contribution in [1.82, 2.24) is 14.5 Å².